The highest BCUT2D eigenvalue weighted by Gasteiger charge is 2.58. The van der Waals surface area contributed by atoms with Gasteiger partial charge in [-0.2, -0.15) is 8.42 Å². The fourth-order valence-electron chi connectivity index (χ4n) is 10.7. The van der Waals surface area contributed by atoms with Gasteiger partial charge < -0.3 is 101 Å². The third kappa shape index (κ3) is 15.2. The zero-order chi connectivity index (χ0) is 65.0. The highest BCUT2D eigenvalue weighted by molar-refractivity contribution is 7.81. The lowest BCUT2D eigenvalue weighted by atomic mass is 9.93. The first-order valence-electron chi connectivity index (χ1n) is 28.2. The summed E-state index contributed by atoms with van der Waals surface area (Å²) in [5.41, 5.74) is 3.69. The van der Waals surface area contributed by atoms with Crippen LogP contribution in [0.4, 0.5) is 0 Å². The number of carbonyl (C=O) groups excluding carboxylic acids is 8. The molecule has 0 spiro atoms. The third-order valence-electron chi connectivity index (χ3n) is 15.6. The van der Waals surface area contributed by atoms with Crippen LogP contribution in [-0.2, 0) is 48.7 Å². The van der Waals surface area contributed by atoms with E-state index in [-0.39, 0.29) is 5.56 Å². The molecule has 33 heteroatoms. The highest BCUT2D eigenvalue weighted by atomic mass is 32.3. The van der Waals surface area contributed by atoms with Crippen LogP contribution in [0.15, 0.2) is 77.3 Å². The molecule has 0 radical (unpaired) electrons. The highest BCUT2D eigenvalue weighted by Crippen LogP contribution is 2.36. The number of nitrogens with one attached hydrogen (secondary N) is 5. The maximum absolute atomic E-state index is 14.7. The monoisotopic (exact) mass is 1270 g/mol. The van der Waals surface area contributed by atoms with Crippen LogP contribution in [0.2, 0.25) is 0 Å². The Morgan fingerprint density at radius 3 is 2.12 bits per heavy atom. The zero-order valence-corrected chi connectivity index (χ0v) is 48.8. The van der Waals surface area contributed by atoms with Crippen molar-refractivity contribution in [1.29, 1.82) is 0 Å². The number of fused-ring (bicyclic) bond motifs is 11. The lowest BCUT2D eigenvalue weighted by Gasteiger charge is -2.48. The van der Waals surface area contributed by atoms with Crippen LogP contribution < -0.4 is 41.2 Å². The van der Waals surface area contributed by atoms with Crippen LogP contribution in [0.3, 0.4) is 0 Å². The molecular formula is C56H69N9O23S. The summed E-state index contributed by atoms with van der Waals surface area (Å²) in [4.78, 5) is 115. The number of aromatic hydroxyl groups is 1. The van der Waals surface area contributed by atoms with Crippen molar-refractivity contribution in [3.05, 3.63) is 83.9 Å². The predicted octanol–water partition coefficient (Wildman–Crippen LogP) is -3.54. The lowest BCUT2D eigenvalue weighted by molar-refractivity contribution is -0.244. The molecule has 0 unspecified atom stereocenters. The van der Waals surface area contributed by atoms with E-state index < -0.39 is 198 Å². The molecule has 5 saturated heterocycles. The largest absolute Gasteiger partial charge is 0.504 e. The molecule has 482 valence electrons. The Balaban J connectivity index is 1.12. The maximum atomic E-state index is 14.7. The van der Waals surface area contributed by atoms with Gasteiger partial charge in [0.15, 0.2) is 23.5 Å². The fraction of sp³-hybridized carbons (Fsp3) is 0.482. The molecule has 2 bridgehead atoms. The number of primary amides is 1. The molecule has 0 aliphatic carbocycles. The first-order chi connectivity index (χ1) is 42.0. The molecule has 6 heterocycles. The van der Waals surface area contributed by atoms with Gasteiger partial charge in [-0.1, -0.05) is 50.0 Å². The summed E-state index contributed by atoms with van der Waals surface area (Å²) in [7, 11) is -5.35. The average Bonchev–Trinajstić information content (AvgIpc) is 2.68. The number of aliphatic hydroxyl groups excluding tert-OH is 7. The van der Waals surface area contributed by atoms with Gasteiger partial charge >= 0.3 is 10.4 Å². The van der Waals surface area contributed by atoms with Gasteiger partial charge in [0.25, 0.3) is 11.8 Å². The van der Waals surface area contributed by atoms with Gasteiger partial charge in [0, 0.05) is 54.6 Å². The third-order valence-corrected chi connectivity index (χ3v) is 16.0. The van der Waals surface area contributed by atoms with E-state index in [2.05, 4.69) is 42.8 Å². The summed E-state index contributed by atoms with van der Waals surface area (Å²) in [6.07, 6.45) is -15.9. The molecule has 8 amide bonds. The van der Waals surface area contributed by atoms with E-state index >= 15 is 0 Å². The molecule has 9 rings (SSSR count). The van der Waals surface area contributed by atoms with Gasteiger partial charge in [-0.05, 0) is 67.4 Å². The molecule has 5 fully saturated rings. The van der Waals surface area contributed by atoms with Crippen molar-refractivity contribution in [2.45, 2.75) is 144 Å². The number of ether oxygens (including phenoxy) is 2. The van der Waals surface area contributed by atoms with E-state index in [1.807, 2.05) is 0 Å². The van der Waals surface area contributed by atoms with Crippen molar-refractivity contribution >= 4 is 57.7 Å². The predicted molar refractivity (Wildman–Crippen MR) is 302 cm³/mol. The average molecular weight is 1270 g/mol. The molecule has 16 N–H and O–H groups in total. The van der Waals surface area contributed by atoms with Gasteiger partial charge in [-0.15, -0.1) is 0 Å². The number of unbranched alkanes of at least 4 members (excludes halogenated alkanes) is 2. The maximum Gasteiger partial charge on any atom is 0.446 e. The van der Waals surface area contributed by atoms with Crippen LogP contribution in [0.5, 0.6) is 17.2 Å². The molecule has 0 saturated carbocycles. The summed E-state index contributed by atoms with van der Waals surface area (Å²) in [6, 6.07) is 5.83. The number of carbonyl (C=O) groups is 8. The van der Waals surface area contributed by atoms with Crippen molar-refractivity contribution in [2.75, 3.05) is 19.7 Å². The quantitative estimate of drug-likeness (QED) is 0.0339. The number of rotatable bonds is 18. The molecule has 5 aliphatic rings. The van der Waals surface area contributed by atoms with Crippen molar-refractivity contribution < 1.29 is 110 Å². The van der Waals surface area contributed by atoms with Crippen LogP contribution in [-0.4, -0.2) is 215 Å². The fourth-order valence-corrected chi connectivity index (χ4v) is 11.1. The normalized spacial score (nSPS) is 27.6. The minimum atomic E-state index is -5.35. The van der Waals surface area contributed by atoms with E-state index in [4.69, 9.17) is 19.7 Å². The van der Waals surface area contributed by atoms with Gasteiger partial charge in [0.2, 0.25) is 41.2 Å². The summed E-state index contributed by atoms with van der Waals surface area (Å²) >= 11 is 0. The van der Waals surface area contributed by atoms with E-state index in [1.54, 1.807) is 30.3 Å². The topological polar surface area (TPSA) is 499 Å². The number of aliphatic hydroxyl groups is 7. The molecule has 4 aromatic rings. The first-order valence-corrected chi connectivity index (χ1v) is 29.5. The second kappa shape index (κ2) is 27.6. The van der Waals surface area contributed by atoms with Crippen LogP contribution in [0, 0.1) is 5.92 Å². The van der Waals surface area contributed by atoms with E-state index in [0.29, 0.717) is 50.8 Å². The van der Waals surface area contributed by atoms with Crippen molar-refractivity contribution in [3.63, 3.8) is 0 Å². The number of hydrogen-bond acceptors (Lipinski definition) is 23. The van der Waals surface area contributed by atoms with Crippen LogP contribution in [0.1, 0.15) is 81.3 Å². The molecule has 3 aromatic carbocycles. The Bertz CT molecular complexity index is 3400. The van der Waals surface area contributed by atoms with E-state index in [0.717, 1.165) is 38.3 Å². The Hall–Kier alpha value is -8.38. The molecule has 1 aromatic heterocycles. The zero-order valence-electron chi connectivity index (χ0n) is 47.9. The summed E-state index contributed by atoms with van der Waals surface area (Å²) in [6.45, 7) is 3.86. The number of phenolic OH excluding ortho intramolecular Hbond substituents is 1. The summed E-state index contributed by atoms with van der Waals surface area (Å²) < 4.78 is 54.1. The standard InChI is InChI=1S/C56H69N9O23S/c1-4-5-6-17-85-32-14-11-28(12-15-32)37-20-33(63-87-37)27-7-9-29(10-8-27)48(74)62-56-22-39(86-56)50(76)61-52(78)44-45(71)25(2)23-65(44)54(80)42(36(69)21-40(57)70)58-51(77)43(47(73)46(72)30-13-16-35(68)38(18-30)88-89(82,83)84)59-49(75)34-19-31(67)24-64(34)53(79)41(26(3)66)60-55(56)81/h7-16,18,20,25-26,31,34,36,39,41-47,50,66-69,71-73,76H,4-6,17,19,21-24H2,1-3H3,(H2,57,70)(H,58,77)(H,59,75)(H,60,81)(H,61,78)(H,62,74)(H,82,83,84)/t25-,26+,31+,34-,36+,39+,41-,42-,43-,44-,45-,46-,47-,50+,56+/m0/s1. The number of aromatic nitrogens is 1. The number of benzene rings is 3. The summed E-state index contributed by atoms with van der Waals surface area (Å²) in [5.74, 6) is -12.6. The Labute approximate surface area is 507 Å². The first kappa shape index (κ1) is 66.6. The summed E-state index contributed by atoms with van der Waals surface area (Å²) in [5, 5.41) is 105. The minimum absolute atomic E-state index is 0.0864. The SMILES string of the molecule is CCCCCOc1ccc(-c2cc(-c3ccc(C(=O)N[C@]45C[C@@H](O4)[C@@H](O)NC(=O)[C@@H]4[C@@H](O)[C@@H](C)CN4C(=O)[C@H]([C@H](O)CC(N)=O)NC(=O)[C@H]([C@H](O)[C@@H](O)c4ccc(O)c(OS(=O)(=O)O)c4)NC(=O)[C@@H]4C[C@@H](O)CN4C(=O)[C@H]([C@@H](C)O)NC5=O)cc3)no2)cc1. The molecule has 89 heavy (non-hydrogen) atoms. The molecular weight excluding hydrogens is 1200 g/mol. The molecule has 5 aliphatic heterocycles. The van der Waals surface area contributed by atoms with E-state index in [9.17, 15) is 92.2 Å². The minimum Gasteiger partial charge on any atom is -0.504 e. The Morgan fingerprint density at radius 2 is 1.48 bits per heavy atom. The number of nitrogens with two attached hydrogens (primary N) is 1. The lowest BCUT2D eigenvalue weighted by Crippen LogP contribution is -2.74. The number of hydrogen-bond donors (Lipinski definition) is 15. The number of phenols is 1. The van der Waals surface area contributed by atoms with Crippen molar-refractivity contribution in [1.82, 2.24) is 41.5 Å². The Morgan fingerprint density at radius 1 is 0.831 bits per heavy atom. The Kier molecular flexibility index (Phi) is 20.6. The van der Waals surface area contributed by atoms with Crippen molar-refractivity contribution in [2.24, 2.45) is 11.7 Å². The number of nitrogens with zero attached hydrogens (tertiary/aromatic N) is 3. The van der Waals surface area contributed by atoms with Crippen LogP contribution >= 0.6 is 0 Å². The molecule has 15 atom stereocenters. The second-order valence-corrected chi connectivity index (χ2v) is 23.2. The van der Waals surface area contributed by atoms with Gasteiger partial charge in [-0.25, -0.2) is 0 Å². The van der Waals surface area contributed by atoms with Crippen LogP contribution in [0.25, 0.3) is 22.6 Å². The van der Waals surface area contributed by atoms with Gasteiger partial charge in [-0.3, -0.25) is 42.9 Å². The van der Waals surface area contributed by atoms with Gasteiger partial charge in [0.05, 0.1) is 37.4 Å². The smallest absolute Gasteiger partial charge is 0.446 e. The number of amides is 8. The second-order valence-electron chi connectivity index (χ2n) is 22.2. The van der Waals surface area contributed by atoms with Crippen molar-refractivity contribution in [3.8, 4) is 39.8 Å². The van der Waals surface area contributed by atoms with Gasteiger partial charge in [0.1, 0.15) is 60.0 Å². The molecule has 32 nitrogen and oxygen atoms in total. The van der Waals surface area contributed by atoms with E-state index in [1.165, 1.54) is 31.2 Å².